The highest BCUT2D eigenvalue weighted by molar-refractivity contribution is 7.98. The average Bonchev–Trinajstić information content (AvgIpc) is 3.37. The minimum absolute atomic E-state index is 0. The highest BCUT2D eigenvalue weighted by Crippen LogP contribution is 2.37. The highest BCUT2D eigenvalue weighted by atomic mass is 32.2. The number of aromatic nitrogens is 2. The number of benzene rings is 3. The maximum Gasteiger partial charge on any atom is 0.174 e. The lowest BCUT2D eigenvalue weighted by Crippen LogP contribution is -2.14. The van der Waals surface area contributed by atoms with Crippen LogP contribution in [0.25, 0.3) is 5.69 Å². The van der Waals surface area contributed by atoms with E-state index in [-0.39, 0.29) is 42.0 Å². The van der Waals surface area contributed by atoms with Gasteiger partial charge >= 0.3 is 0 Å². The molecule has 0 unspecified atom stereocenters. The SMILES string of the molecule is COc1ccc(N(C)c2cnc(SCc3c(F)cc(OCCCS(C)(=O)=O)cc3F)n2-c2ccc(F)cc2)cc1OC.[NH4+]. The molecule has 0 amide bonds. The Morgan fingerprint density at radius 3 is 2.21 bits per heavy atom. The quantitative estimate of drug-likeness (QED) is 0.129. The first-order chi connectivity index (χ1) is 20.0. The summed E-state index contributed by atoms with van der Waals surface area (Å²) in [6, 6.07) is 13.4. The molecule has 0 saturated carbocycles. The Morgan fingerprint density at radius 2 is 1.60 bits per heavy atom. The van der Waals surface area contributed by atoms with Crippen molar-refractivity contribution in [2.24, 2.45) is 0 Å². The molecule has 14 heteroatoms. The molecule has 4 rings (SSSR count). The monoisotopic (exact) mass is 639 g/mol. The summed E-state index contributed by atoms with van der Waals surface area (Å²) in [5.74, 6) is -0.531. The maximum absolute atomic E-state index is 14.9. The molecule has 0 saturated heterocycles. The molecule has 0 atom stereocenters. The number of methoxy groups -OCH3 is 2. The van der Waals surface area contributed by atoms with Crippen LogP contribution < -0.4 is 25.3 Å². The number of nitrogens with zero attached hydrogens (tertiary/aromatic N) is 3. The number of rotatable bonds is 13. The van der Waals surface area contributed by atoms with E-state index >= 15 is 0 Å². The molecule has 1 heterocycles. The smallest absolute Gasteiger partial charge is 0.174 e. The minimum Gasteiger partial charge on any atom is -0.493 e. The summed E-state index contributed by atoms with van der Waals surface area (Å²) in [7, 11) is 1.74. The summed E-state index contributed by atoms with van der Waals surface area (Å²) in [6.45, 7) is 0.00547. The summed E-state index contributed by atoms with van der Waals surface area (Å²) in [5.41, 5.74) is 1.17. The molecule has 0 fully saturated rings. The topological polar surface area (TPSA) is 119 Å². The molecule has 0 radical (unpaired) electrons. The molecule has 4 N–H and O–H groups in total. The van der Waals surface area contributed by atoms with Crippen LogP contribution in [0.15, 0.2) is 66.0 Å². The summed E-state index contributed by atoms with van der Waals surface area (Å²) >= 11 is 1.10. The van der Waals surface area contributed by atoms with E-state index in [0.717, 1.165) is 35.8 Å². The van der Waals surface area contributed by atoms with Gasteiger partial charge in [0.1, 0.15) is 38.9 Å². The number of ether oxygens (including phenoxy) is 3. The first kappa shape index (κ1) is 33.6. The lowest BCUT2D eigenvalue weighted by molar-refractivity contribution is 0.313. The van der Waals surface area contributed by atoms with Crippen molar-refractivity contribution in [2.75, 3.05) is 44.8 Å². The highest BCUT2D eigenvalue weighted by Gasteiger charge is 2.20. The molecule has 232 valence electrons. The predicted molar refractivity (Wildman–Crippen MR) is 163 cm³/mol. The van der Waals surface area contributed by atoms with Crippen molar-refractivity contribution in [3.8, 4) is 22.9 Å². The normalized spacial score (nSPS) is 11.1. The number of hydrogen-bond donors (Lipinski definition) is 1. The van der Waals surface area contributed by atoms with Gasteiger partial charge < -0.3 is 25.3 Å². The second-order valence-electron chi connectivity index (χ2n) is 9.30. The van der Waals surface area contributed by atoms with Crippen LogP contribution in [0.1, 0.15) is 12.0 Å². The summed E-state index contributed by atoms with van der Waals surface area (Å²) < 4.78 is 84.0. The fourth-order valence-corrected chi connectivity index (χ4v) is 5.76. The van der Waals surface area contributed by atoms with Crippen molar-refractivity contribution < 1.29 is 35.8 Å². The largest absolute Gasteiger partial charge is 0.493 e. The Hall–Kier alpha value is -3.88. The first-order valence-electron chi connectivity index (χ1n) is 12.7. The van der Waals surface area contributed by atoms with Gasteiger partial charge in [-0.15, -0.1) is 0 Å². The fraction of sp³-hybridized carbons (Fsp3) is 0.276. The lowest BCUT2D eigenvalue weighted by Gasteiger charge is -2.23. The van der Waals surface area contributed by atoms with Gasteiger partial charge in [-0.2, -0.15) is 0 Å². The number of anilines is 2. The maximum atomic E-state index is 14.9. The van der Waals surface area contributed by atoms with Crippen LogP contribution in [0.2, 0.25) is 0 Å². The molecule has 0 aliphatic rings. The third-order valence-electron chi connectivity index (χ3n) is 6.28. The third kappa shape index (κ3) is 8.36. The zero-order valence-electron chi connectivity index (χ0n) is 24.4. The molecule has 1 aromatic heterocycles. The summed E-state index contributed by atoms with van der Waals surface area (Å²) in [4.78, 5) is 6.36. The fourth-order valence-electron chi connectivity index (χ4n) is 4.11. The number of imidazole rings is 1. The van der Waals surface area contributed by atoms with E-state index in [0.29, 0.717) is 28.2 Å². The number of thioether (sulfide) groups is 1. The predicted octanol–water partition coefficient (Wildman–Crippen LogP) is 6.56. The van der Waals surface area contributed by atoms with E-state index in [1.165, 1.54) is 19.2 Å². The van der Waals surface area contributed by atoms with E-state index < -0.39 is 27.3 Å². The zero-order valence-corrected chi connectivity index (χ0v) is 26.1. The third-order valence-corrected chi connectivity index (χ3v) is 8.29. The number of hydrogen-bond acceptors (Lipinski definition) is 8. The lowest BCUT2D eigenvalue weighted by atomic mass is 10.2. The zero-order chi connectivity index (χ0) is 30.4. The van der Waals surface area contributed by atoms with Gasteiger partial charge in [-0.05, 0) is 42.8 Å². The van der Waals surface area contributed by atoms with Gasteiger partial charge in [-0.3, -0.25) is 4.57 Å². The van der Waals surface area contributed by atoms with Gasteiger partial charge in [-0.25, -0.2) is 26.6 Å². The van der Waals surface area contributed by atoms with Crippen molar-refractivity contribution >= 4 is 33.1 Å². The van der Waals surface area contributed by atoms with Crippen LogP contribution in [-0.2, 0) is 15.6 Å². The first-order valence-corrected chi connectivity index (χ1v) is 15.8. The van der Waals surface area contributed by atoms with Gasteiger partial charge in [0, 0.05) is 54.2 Å². The number of halogens is 3. The molecule has 0 aliphatic carbocycles. The molecule has 9 nitrogen and oxygen atoms in total. The van der Waals surface area contributed by atoms with Gasteiger partial charge in [0.25, 0.3) is 0 Å². The van der Waals surface area contributed by atoms with Crippen molar-refractivity contribution in [2.45, 2.75) is 17.3 Å². The molecule has 0 spiro atoms. The minimum atomic E-state index is -3.16. The van der Waals surface area contributed by atoms with Crippen LogP contribution in [0.5, 0.6) is 17.2 Å². The van der Waals surface area contributed by atoms with E-state index in [9.17, 15) is 21.6 Å². The van der Waals surface area contributed by atoms with Crippen molar-refractivity contribution in [1.82, 2.24) is 15.7 Å². The summed E-state index contributed by atoms with van der Waals surface area (Å²) in [5, 5.41) is 0.420. The molecule has 43 heavy (non-hydrogen) atoms. The summed E-state index contributed by atoms with van der Waals surface area (Å²) in [6.07, 6.45) is 2.92. The van der Waals surface area contributed by atoms with Crippen LogP contribution in [0, 0.1) is 17.5 Å². The van der Waals surface area contributed by atoms with Crippen LogP contribution in [0.3, 0.4) is 0 Å². The molecule has 0 bridgehead atoms. The Morgan fingerprint density at radius 1 is 0.953 bits per heavy atom. The van der Waals surface area contributed by atoms with Crippen LogP contribution >= 0.6 is 11.8 Å². The second-order valence-corrected chi connectivity index (χ2v) is 12.5. The second kappa shape index (κ2) is 14.5. The molecular formula is C29H34F3N4O5S2+. The van der Waals surface area contributed by atoms with Gasteiger partial charge in [0.15, 0.2) is 16.7 Å². The molecule has 4 aromatic rings. The Kier molecular flexibility index (Phi) is 11.4. The van der Waals surface area contributed by atoms with Crippen molar-refractivity contribution in [1.29, 1.82) is 0 Å². The van der Waals surface area contributed by atoms with E-state index in [1.54, 1.807) is 42.1 Å². The molecule has 0 aliphatic heterocycles. The van der Waals surface area contributed by atoms with Crippen LogP contribution in [-0.4, -0.2) is 57.9 Å². The van der Waals surface area contributed by atoms with Crippen molar-refractivity contribution in [3.63, 3.8) is 0 Å². The molecular weight excluding hydrogens is 605 g/mol. The van der Waals surface area contributed by atoms with Crippen molar-refractivity contribution in [3.05, 3.63) is 83.8 Å². The van der Waals surface area contributed by atoms with Crippen LogP contribution in [0.4, 0.5) is 24.7 Å². The Bertz CT molecular complexity index is 1630. The average molecular weight is 640 g/mol. The number of quaternary nitrogens is 1. The van der Waals surface area contributed by atoms with Gasteiger partial charge in [0.05, 0.1) is 32.8 Å². The van der Waals surface area contributed by atoms with E-state index in [2.05, 4.69) is 4.98 Å². The standard InChI is InChI=1S/C29H30F3N3O5S2.H3N/c1-34(21-10-11-26(38-2)27(14-21)39-3)28-17-33-29(35(28)20-8-6-19(30)7-9-20)41-18-23-24(31)15-22(16-25(23)32)40-12-5-13-42(4,36)37;/h6-11,14-17H,5,12-13,18H2,1-4H3;1H3/p+1. The van der Waals surface area contributed by atoms with Gasteiger partial charge in [-0.1, -0.05) is 11.8 Å². The Labute approximate surface area is 253 Å². The van der Waals surface area contributed by atoms with Gasteiger partial charge in [0.2, 0.25) is 0 Å². The number of sulfone groups is 1. The van der Waals surface area contributed by atoms with E-state index in [1.807, 2.05) is 18.0 Å². The Balaban J connectivity index is 0.00000506. The van der Waals surface area contributed by atoms with E-state index in [4.69, 9.17) is 14.2 Å². The molecule has 3 aromatic carbocycles.